The molecule has 0 amide bonds. The topological polar surface area (TPSA) is 53.4 Å². The van der Waals surface area contributed by atoms with E-state index in [9.17, 15) is 13.6 Å². The quantitative estimate of drug-likeness (QED) is 0.758. The number of esters is 1. The van der Waals surface area contributed by atoms with E-state index in [1.165, 1.54) is 10.7 Å². The fraction of sp³-hybridized carbons (Fsp3) is 0.600. The van der Waals surface area contributed by atoms with E-state index in [1.807, 2.05) is 0 Å². The second-order valence-electron chi connectivity index (χ2n) is 3.59. The van der Waals surface area contributed by atoms with Gasteiger partial charge in [-0.25, -0.2) is 18.3 Å². The molecule has 1 aromatic rings. The molecular formula is C10H12F2N2O3. The molecule has 7 heteroatoms. The van der Waals surface area contributed by atoms with Crippen molar-refractivity contribution in [2.75, 3.05) is 6.61 Å². The summed E-state index contributed by atoms with van der Waals surface area (Å²) in [7, 11) is 0. The van der Waals surface area contributed by atoms with Gasteiger partial charge in [0.25, 0.3) is 6.43 Å². The van der Waals surface area contributed by atoms with Crippen molar-refractivity contribution in [1.29, 1.82) is 0 Å². The Labute approximate surface area is 96.3 Å². The molecule has 0 unspecified atom stereocenters. The maximum atomic E-state index is 12.5. The Bertz CT molecular complexity index is 420. The molecule has 0 saturated carbocycles. The van der Waals surface area contributed by atoms with E-state index in [0.29, 0.717) is 6.54 Å². The maximum Gasteiger partial charge on any atom is 0.358 e. The standard InChI is InChI=1S/C10H12F2N2O3/c1-2-16-10(15)6-5-8-14(13-6)4-3-7(17-8)9(11)12/h5,7,9H,2-4H2,1H3/t7-/m0/s1. The van der Waals surface area contributed by atoms with Gasteiger partial charge < -0.3 is 9.47 Å². The van der Waals surface area contributed by atoms with Crippen molar-refractivity contribution in [3.63, 3.8) is 0 Å². The summed E-state index contributed by atoms with van der Waals surface area (Å²) in [5.74, 6) is -0.392. The van der Waals surface area contributed by atoms with Gasteiger partial charge in [-0.1, -0.05) is 0 Å². The number of rotatable bonds is 3. The third-order valence-electron chi connectivity index (χ3n) is 2.41. The number of carbonyl (C=O) groups excluding carboxylic acids is 1. The molecule has 0 N–H and O–H groups in total. The van der Waals surface area contributed by atoms with E-state index in [-0.39, 0.29) is 24.6 Å². The van der Waals surface area contributed by atoms with Crippen LogP contribution in [0.5, 0.6) is 5.88 Å². The Kier molecular flexibility index (Phi) is 3.26. The summed E-state index contributed by atoms with van der Waals surface area (Å²) < 4.78 is 36.1. The number of hydrogen-bond acceptors (Lipinski definition) is 4. The summed E-state index contributed by atoms with van der Waals surface area (Å²) in [4.78, 5) is 11.4. The van der Waals surface area contributed by atoms with Crippen LogP contribution in [0.3, 0.4) is 0 Å². The fourth-order valence-electron chi connectivity index (χ4n) is 1.60. The molecule has 1 aliphatic heterocycles. The normalized spacial score (nSPS) is 18.7. The molecule has 0 fully saturated rings. The van der Waals surface area contributed by atoms with Crippen LogP contribution in [0.2, 0.25) is 0 Å². The lowest BCUT2D eigenvalue weighted by Gasteiger charge is -2.23. The number of nitrogens with zero attached hydrogens (tertiary/aromatic N) is 2. The van der Waals surface area contributed by atoms with Crippen LogP contribution in [-0.2, 0) is 11.3 Å². The number of ether oxygens (including phenoxy) is 2. The monoisotopic (exact) mass is 246 g/mol. The number of fused-ring (bicyclic) bond motifs is 1. The third-order valence-corrected chi connectivity index (χ3v) is 2.41. The summed E-state index contributed by atoms with van der Waals surface area (Å²) in [6, 6.07) is 1.33. The smallest absolute Gasteiger partial charge is 0.358 e. The zero-order valence-electron chi connectivity index (χ0n) is 9.23. The molecule has 2 rings (SSSR count). The molecule has 0 aromatic carbocycles. The van der Waals surface area contributed by atoms with E-state index in [0.717, 1.165) is 0 Å². The van der Waals surface area contributed by atoms with Crippen LogP contribution in [0.1, 0.15) is 23.8 Å². The number of halogens is 2. The lowest BCUT2D eigenvalue weighted by Crippen LogP contribution is -2.32. The zero-order valence-corrected chi connectivity index (χ0v) is 9.23. The predicted octanol–water partition coefficient (Wildman–Crippen LogP) is 1.48. The molecule has 2 heterocycles. The van der Waals surface area contributed by atoms with E-state index >= 15 is 0 Å². The molecule has 0 aliphatic carbocycles. The van der Waals surface area contributed by atoms with Gasteiger partial charge in [0, 0.05) is 19.0 Å². The van der Waals surface area contributed by atoms with Crippen LogP contribution in [-0.4, -0.2) is 34.9 Å². The maximum absolute atomic E-state index is 12.5. The van der Waals surface area contributed by atoms with E-state index < -0.39 is 18.5 Å². The van der Waals surface area contributed by atoms with Gasteiger partial charge in [-0.3, -0.25) is 0 Å². The van der Waals surface area contributed by atoms with Crippen LogP contribution < -0.4 is 4.74 Å². The molecule has 0 bridgehead atoms. The Morgan fingerprint density at radius 3 is 3.18 bits per heavy atom. The molecular weight excluding hydrogens is 234 g/mol. The van der Waals surface area contributed by atoms with Crippen LogP contribution in [0.25, 0.3) is 0 Å². The van der Waals surface area contributed by atoms with Gasteiger partial charge in [0.2, 0.25) is 5.88 Å². The third kappa shape index (κ3) is 2.37. The van der Waals surface area contributed by atoms with Gasteiger partial charge >= 0.3 is 5.97 Å². The molecule has 0 radical (unpaired) electrons. The SMILES string of the molecule is CCOC(=O)c1cc2n(n1)CC[C@@H](C(F)F)O2. The lowest BCUT2D eigenvalue weighted by atomic mass is 10.2. The van der Waals surface area contributed by atoms with Crippen LogP contribution in [0.15, 0.2) is 6.07 Å². The van der Waals surface area contributed by atoms with E-state index in [1.54, 1.807) is 6.92 Å². The summed E-state index contributed by atoms with van der Waals surface area (Å²) in [5, 5.41) is 3.94. The zero-order chi connectivity index (χ0) is 12.4. The van der Waals surface area contributed by atoms with Gasteiger partial charge in [0.05, 0.1) is 6.61 Å². The molecule has 0 saturated heterocycles. The number of carbonyl (C=O) groups is 1. The van der Waals surface area contributed by atoms with Crippen molar-refractivity contribution in [1.82, 2.24) is 9.78 Å². The second-order valence-corrected chi connectivity index (χ2v) is 3.59. The van der Waals surface area contributed by atoms with Crippen molar-refractivity contribution >= 4 is 5.97 Å². The minimum absolute atomic E-state index is 0.0803. The van der Waals surface area contributed by atoms with E-state index in [4.69, 9.17) is 9.47 Å². The van der Waals surface area contributed by atoms with Crippen molar-refractivity contribution in [3.8, 4) is 5.88 Å². The first-order chi connectivity index (χ1) is 8.11. The average molecular weight is 246 g/mol. The van der Waals surface area contributed by atoms with Gasteiger partial charge in [-0.2, -0.15) is 5.10 Å². The molecule has 5 nitrogen and oxygen atoms in total. The minimum Gasteiger partial charge on any atom is -0.468 e. The largest absolute Gasteiger partial charge is 0.468 e. The number of aromatic nitrogens is 2. The molecule has 1 aromatic heterocycles. The molecule has 94 valence electrons. The Morgan fingerprint density at radius 1 is 1.76 bits per heavy atom. The average Bonchev–Trinajstić information content (AvgIpc) is 2.71. The summed E-state index contributed by atoms with van der Waals surface area (Å²) >= 11 is 0. The van der Waals surface area contributed by atoms with Crippen molar-refractivity contribution in [2.24, 2.45) is 0 Å². The Morgan fingerprint density at radius 2 is 2.53 bits per heavy atom. The van der Waals surface area contributed by atoms with Gasteiger partial charge in [-0.05, 0) is 6.92 Å². The molecule has 1 atom stereocenters. The minimum atomic E-state index is -2.54. The number of alkyl halides is 2. The first-order valence-electron chi connectivity index (χ1n) is 5.31. The first-order valence-corrected chi connectivity index (χ1v) is 5.31. The Balaban J connectivity index is 2.14. The van der Waals surface area contributed by atoms with Crippen molar-refractivity contribution in [2.45, 2.75) is 32.4 Å². The fourth-order valence-corrected chi connectivity index (χ4v) is 1.60. The highest BCUT2D eigenvalue weighted by atomic mass is 19.3. The lowest BCUT2D eigenvalue weighted by molar-refractivity contribution is -0.0135. The van der Waals surface area contributed by atoms with Crippen LogP contribution in [0, 0.1) is 0 Å². The van der Waals surface area contributed by atoms with Gasteiger partial charge in [-0.15, -0.1) is 0 Å². The van der Waals surface area contributed by atoms with Gasteiger partial charge in [0.15, 0.2) is 11.8 Å². The first kappa shape index (κ1) is 11.8. The number of aryl methyl sites for hydroxylation is 1. The van der Waals surface area contributed by atoms with Crippen molar-refractivity contribution < 1.29 is 23.0 Å². The molecule has 1 aliphatic rings. The highest BCUT2D eigenvalue weighted by molar-refractivity contribution is 5.87. The predicted molar refractivity (Wildman–Crippen MR) is 53.2 cm³/mol. The molecule has 0 spiro atoms. The van der Waals surface area contributed by atoms with Crippen LogP contribution >= 0.6 is 0 Å². The molecule has 17 heavy (non-hydrogen) atoms. The number of hydrogen-bond donors (Lipinski definition) is 0. The second kappa shape index (κ2) is 4.68. The van der Waals surface area contributed by atoms with Crippen LogP contribution in [0.4, 0.5) is 8.78 Å². The highest BCUT2D eigenvalue weighted by Crippen LogP contribution is 2.25. The van der Waals surface area contributed by atoms with Crippen molar-refractivity contribution in [3.05, 3.63) is 11.8 Å². The van der Waals surface area contributed by atoms with Gasteiger partial charge in [0.1, 0.15) is 0 Å². The summed E-state index contributed by atoms with van der Waals surface area (Å²) in [5.41, 5.74) is 0.0803. The Hall–Kier alpha value is -1.66. The van der Waals surface area contributed by atoms with E-state index in [2.05, 4.69) is 5.10 Å². The highest BCUT2D eigenvalue weighted by Gasteiger charge is 2.29. The summed E-state index contributed by atoms with van der Waals surface area (Å²) in [6.45, 7) is 2.22. The summed E-state index contributed by atoms with van der Waals surface area (Å²) in [6.07, 6.45) is -3.49.